The third-order valence-corrected chi connectivity index (χ3v) is 3.99. The number of hydrogen-bond donors (Lipinski definition) is 1. The van der Waals surface area contributed by atoms with Crippen LogP contribution in [0.3, 0.4) is 0 Å². The number of hydrogen-bond acceptors (Lipinski definition) is 2. The minimum atomic E-state index is -0.226. The van der Waals surface area contributed by atoms with E-state index in [1.165, 1.54) is 17.3 Å². The largest absolute Gasteiger partial charge is 0.316 e. The molecule has 0 amide bonds. The minimum Gasteiger partial charge on any atom is -0.316 e. The third kappa shape index (κ3) is 3.71. The van der Waals surface area contributed by atoms with Gasteiger partial charge in [-0.05, 0) is 43.7 Å². The Balaban J connectivity index is 2.39. The maximum atomic E-state index is 13.5. The van der Waals surface area contributed by atoms with Crippen molar-refractivity contribution in [2.45, 2.75) is 39.8 Å². The molecule has 0 aliphatic rings. The quantitative estimate of drug-likeness (QED) is 0.858. The number of aromatic nitrogens is 2. The van der Waals surface area contributed by atoms with E-state index in [0.717, 1.165) is 35.1 Å². The number of rotatable bonds is 6. The number of aryl methyl sites for hydroxylation is 1. The zero-order valence-electron chi connectivity index (χ0n) is 12.7. The SMILES string of the molecule is CCc1nn(Cc2cc(F)cc(Br)c2)c(CC)c1CNC. The summed E-state index contributed by atoms with van der Waals surface area (Å²) in [5.74, 6) is -0.226. The minimum absolute atomic E-state index is 0.226. The highest BCUT2D eigenvalue weighted by Crippen LogP contribution is 2.20. The van der Waals surface area contributed by atoms with Crippen LogP contribution >= 0.6 is 15.9 Å². The Hall–Kier alpha value is -1.20. The van der Waals surface area contributed by atoms with E-state index in [2.05, 4.69) is 35.1 Å². The molecule has 0 saturated heterocycles. The summed E-state index contributed by atoms with van der Waals surface area (Å²) in [5.41, 5.74) is 4.54. The number of nitrogens with zero attached hydrogens (tertiary/aromatic N) is 2. The van der Waals surface area contributed by atoms with Crippen molar-refractivity contribution in [3.05, 3.63) is 51.0 Å². The first-order valence-electron chi connectivity index (χ1n) is 7.26. The molecule has 0 aliphatic heterocycles. The summed E-state index contributed by atoms with van der Waals surface area (Å²) >= 11 is 3.34. The van der Waals surface area contributed by atoms with Crippen molar-refractivity contribution >= 4 is 15.9 Å². The molecule has 21 heavy (non-hydrogen) atoms. The lowest BCUT2D eigenvalue weighted by atomic mass is 10.1. The molecule has 0 spiro atoms. The van der Waals surface area contributed by atoms with Crippen molar-refractivity contribution in [2.75, 3.05) is 7.05 Å². The first kappa shape index (κ1) is 16.2. The summed E-state index contributed by atoms with van der Waals surface area (Å²) in [6.45, 7) is 5.66. The van der Waals surface area contributed by atoms with Gasteiger partial charge in [-0.2, -0.15) is 5.10 Å². The molecule has 0 atom stereocenters. The van der Waals surface area contributed by atoms with Crippen LogP contribution in [0.25, 0.3) is 0 Å². The zero-order valence-corrected chi connectivity index (χ0v) is 14.3. The van der Waals surface area contributed by atoms with Gasteiger partial charge in [0, 0.05) is 22.3 Å². The van der Waals surface area contributed by atoms with Crippen molar-refractivity contribution in [3.8, 4) is 0 Å². The van der Waals surface area contributed by atoms with E-state index in [9.17, 15) is 4.39 Å². The first-order chi connectivity index (χ1) is 10.1. The Bertz CT molecular complexity index is 602. The van der Waals surface area contributed by atoms with Gasteiger partial charge in [0.15, 0.2) is 0 Å². The Morgan fingerprint density at radius 2 is 2.00 bits per heavy atom. The molecule has 2 aromatic rings. The fourth-order valence-corrected chi connectivity index (χ4v) is 3.17. The van der Waals surface area contributed by atoms with E-state index in [4.69, 9.17) is 5.10 Å². The van der Waals surface area contributed by atoms with Crippen molar-refractivity contribution < 1.29 is 4.39 Å². The van der Waals surface area contributed by atoms with E-state index in [1.807, 2.05) is 17.8 Å². The molecule has 0 aliphatic carbocycles. The van der Waals surface area contributed by atoms with Crippen LogP contribution in [0.15, 0.2) is 22.7 Å². The average molecular weight is 354 g/mol. The molecular weight excluding hydrogens is 333 g/mol. The Kier molecular flexibility index (Phi) is 5.53. The summed E-state index contributed by atoms with van der Waals surface area (Å²) in [6, 6.07) is 4.97. The molecule has 1 heterocycles. The van der Waals surface area contributed by atoms with Crippen molar-refractivity contribution in [1.82, 2.24) is 15.1 Å². The lowest BCUT2D eigenvalue weighted by molar-refractivity contribution is 0.610. The van der Waals surface area contributed by atoms with Gasteiger partial charge >= 0.3 is 0 Å². The lowest BCUT2D eigenvalue weighted by Gasteiger charge is -2.09. The van der Waals surface area contributed by atoms with Gasteiger partial charge in [0.2, 0.25) is 0 Å². The second-order valence-electron chi connectivity index (χ2n) is 5.04. The van der Waals surface area contributed by atoms with E-state index in [1.54, 1.807) is 6.07 Å². The molecule has 3 nitrogen and oxygen atoms in total. The van der Waals surface area contributed by atoms with Crippen LogP contribution in [0, 0.1) is 5.82 Å². The highest BCUT2D eigenvalue weighted by atomic mass is 79.9. The predicted molar refractivity (Wildman–Crippen MR) is 86.9 cm³/mol. The Labute approximate surface area is 133 Å². The van der Waals surface area contributed by atoms with Crippen molar-refractivity contribution in [1.29, 1.82) is 0 Å². The average Bonchev–Trinajstić information content (AvgIpc) is 2.75. The second kappa shape index (κ2) is 7.18. The molecule has 114 valence electrons. The smallest absolute Gasteiger partial charge is 0.124 e. The predicted octanol–water partition coefficient (Wildman–Crippen LogP) is 3.68. The van der Waals surface area contributed by atoms with E-state index in [0.29, 0.717) is 6.54 Å². The molecule has 1 aromatic heterocycles. The maximum Gasteiger partial charge on any atom is 0.124 e. The van der Waals surface area contributed by atoms with Gasteiger partial charge in [-0.3, -0.25) is 4.68 Å². The molecule has 0 saturated carbocycles. The molecule has 2 rings (SSSR count). The molecule has 0 unspecified atom stereocenters. The van der Waals surface area contributed by atoms with Gasteiger partial charge in [0.05, 0.1) is 12.2 Å². The fraction of sp³-hybridized carbons (Fsp3) is 0.438. The number of benzene rings is 1. The molecule has 1 N–H and O–H groups in total. The Morgan fingerprint density at radius 3 is 2.57 bits per heavy atom. The summed E-state index contributed by atoms with van der Waals surface area (Å²) in [7, 11) is 1.94. The third-order valence-electron chi connectivity index (χ3n) is 3.53. The van der Waals surface area contributed by atoms with Crippen LogP contribution in [0.2, 0.25) is 0 Å². The normalized spacial score (nSPS) is 11.1. The van der Waals surface area contributed by atoms with Crippen molar-refractivity contribution in [2.24, 2.45) is 0 Å². The fourth-order valence-electron chi connectivity index (χ4n) is 2.66. The van der Waals surface area contributed by atoms with Gasteiger partial charge < -0.3 is 5.32 Å². The van der Waals surface area contributed by atoms with Gasteiger partial charge in [-0.15, -0.1) is 0 Å². The summed E-state index contributed by atoms with van der Waals surface area (Å²) in [6.07, 6.45) is 1.82. The highest BCUT2D eigenvalue weighted by Gasteiger charge is 2.15. The number of halogens is 2. The van der Waals surface area contributed by atoms with Crippen molar-refractivity contribution in [3.63, 3.8) is 0 Å². The summed E-state index contributed by atoms with van der Waals surface area (Å²) in [5, 5.41) is 7.92. The molecule has 1 aromatic carbocycles. The topological polar surface area (TPSA) is 29.9 Å². The van der Waals surface area contributed by atoms with Gasteiger partial charge in [0.25, 0.3) is 0 Å². The van der Waals surface area contributed by atoms with Crippen LogP contribution in [0.5, 0.6) is 0 Å². The van der Waals surface area contributed by atoms with Crippen LogP contribution in [-0.2, 0) is 25.9 Å². The van der Waals surface area contributed by atoms with Crippen LogP contribution in [-0.4, -0.2) is 16.8 Å². The molecular formula is C16H21BrFN3. The molecule has 0 fully saturated rings. The zero-order chi connectivity index (χ0) is 15.4. The van der Waals surface area contributed by atoms with Crippen LogP contribution < -0.4 is 5.32 Å². The van der Waals surface area contributed by atoms with Gasteiger partial charge in [-0.25, -0.2) is 4.39 Å². The molecule has 0 bridgehead atoms. The van der Waals surface area contributed by atoms with E-state index < -0.39 is 0 Å². The molecule has 0 radical (unpaired) electrons. The maximum absolute atomic E-state index is 13.5. The standard InChI is InChI=1S/C16H21BrFN3/c1-4-15-14(9-19-3)16(5-2)21(20-15)10-11-6-12(17)8-13(18)7-11/h6-8,19H,4-5,9-10H2,1-3H3. The second-order valence-corrected chi connectivity index (χ2v) is 5.96. The van der Waals surface area contributed by atoms with E-state index >= 15 is 0 Å². The summed E-state index contributed by atoms with van der Waals surface area (Å²) in [4.78, 5) is 0. The monoisotopic (exact) mass is 353 g/mol. The van der Waals surface area contributed by atoms with Gasteiger partial charge in [-0.1, -0.05) is 29.8 Å². The highest BCUT2D eigenvalue weighted by molar-refractivity contribution is 9.10. The van der Waals surface area contributed by atoms with E-state index in [-0.39, 0.29) is 5.82 Å². The number of nitrogens with one attached hydrogen (secondary N) is 1. The Morgan fingerprint density at radius 1 is 1.24 bits per heavy atom. The molecule has 5 heteroatoms. The summed E-state index contributed by atoms with van der Waals surface area (Å²) < 4.78 is 16.3. The van der Waals surface area contributed by atoms with Gasteiger partial charge in [0.1, 0.15) is 5.82 Å². The van der Waals surface area contributed by atoms with Crippen LogP contribution in [0.1, 0.15) is 36.4 Å². The van der Waals surface area contributed by atoms with Crippen LogP contribution in [0.4, 0.5) is 4.39 Å². The first-order valence-corrected chi connectivity index (χ1v) is 8.05. The lowest BCUT2D eigenvalue weighted by Crippen LogP contribution is -2.10.